The molecule has 13 heteroatoms. The monoisotopic (exact) mass is 882 g/mol. The molecule has 1 heterocycles. The number of halogens is 1. The molecule has 0 aliphatic carbocycles. The number of anilines is 4. The van der Waals surface area contributed by atoms with Gasteiger partial charge in [0.1, 0.15) is 0 Å². The Morgan fingerprint density at radius 3 is 1.52 bits per heavy atom. The zero-order valence-corrected chi connectivity index (χ0v) is 36.4. The molecule has 12 nitrogen and oxygen atoms in total. The lowest BCUT2D eigenvalue weighted by Gasteiger charge is -2.13. The maximum absolute atomic E-state index is 12.8. The maximum atomic E-state index is 12.8. The van der Waals surface area contributed by atoms with Crippen LogP contribution in [-0.4, -0.2) is 47.0 Å². The van der Waals surface area contributed by atoms with Crippen molar-refractivity contribution in [1.29, 1.82) is 0 Å². The smallest absolute Gasteiger partial charge is 0.346 e. The Labute approximate surface area is 377 Å². The number of Topliss-reactive ketones (excluding diaryl/α,β-unsaturated/α-hetero) is 1. The third-order valence-electron chi connectivity index (χ3n) is 10.4. The largest absolute Gasteiger partial charge is 0.478 e. The molecule has 1 amide bonds. The van der Waals surface area contributed by atoms with Crippen molar-refractivity contribution in [2.45, 2.75) is 54.9 Å². The quantitative estimate of drug-likeness (QED) is 0.0287. The van der Waals surface area contributed by atoms with Crippen molar-refractivity contribution in [2.75, 3.05) is 29.1 Å². The lowest BCUT2D eigenvalue weighted by molar-refractivity contribution is 0.0442. The van der Waals surface area contributed by atoms with Crippen molar-refractivity contribution < 1.29 is 38.6 Å². The number of carbonyl (C=O) groups is 6. The number of ketones is 1. The molecule has 0 saturated heterocycles. The van der Waals surface area contributed by atoms with Crippen LogP contribution in [0, 0.1) is 27.7 Å². The summed E-state index contributed by atoms with van der Waals surface area (Å²) in [7, 11) is 1.90. The fourth-order valence-electron chi connectivity index (χ4n) is 6.79. The molecule has 0 spiro atoms. The summed E-state index contributed by atoms with van der Waals surface area (Å²) in [6, 6.07) is 32.4. The summed E-state index contributed by atoms with van der Waals surface area (Å²) < 4.78 is 4.33. The topological polar surface area (TPSA) is 208 Å². The van der Waals surface area contributed by atoms with Crippen LogP contribution in [0.2, 0.25) is 0 Å². The van der Waals surface area contributed by atoms with E-state index in [1.165, 1.54) is 65.6 Å². The number of cyclic esters (lactones) is 2. The second-order valence-corrected chi connectivity index (χ2v) is 15.4. The van der Waals surface area contributed by atoms with Gasteiger partial charge in [-0.2, -0.15) is 0 Å². The number of benzene rings is 6. The Morgan fingerprint density at radius 1 is 0.594 bits per heavy atom. The molecule has 1 aliphatic rings. The molecule has 0 aromatic heterocycles. The molecule has 6 aromatic rings. The van der Waals surface area contributed by atoms with Crippen LogP contribution in [0.1, 0.15) is 121 Å². The molecule has 64 heavy (non-hydrogen) atoms. The predicted molar refractivity (Wildman–Crippen MR) is 253 cm³/mol. The number of nitrogens with two attached hydrogens (primary N) is 2. The number of carbonyl (C=O) groups excluding carboxylic acids is 5. The number of esters is 2. The van der Waals surface area contributed by atoms with E-state index in [0.717, 1.165) is 52.2 Å². The summed E-state index contributed by atoms with van der Waals surface area (Å²) in [4.78, 5) is 68.9. The highest BCUT2D eigenvalue weighted by atomic mass is 35.5. The van der Waals surface area contributed by atoms with Crippen molar-refractivity contribution in [1.82, 2.24) is 0 Å². The zero-order chi connectivity index (χ0) is 46.1. The number of aryl methyl sites for hydroxylation is 4. The Balaban J connectivity index is 0.000000234. The van der Waals surface area contributed by atoms with Crippen LogP contribution in [0.5, 0.6) is 0 Å². The van der Waals surface area contributed by atoms with E-state index in [1.807, 2.05) is 58.2 Å². The number of hydrogen-bond acceptors (Lipinski definition) is 10. The highest BCUT2D eigenvalue weighted by Gasteiger charge is 2.30. The second kappa shape index (κ2) is 21.5. The van der Waals surface area contributed by atoms with Gasteiger partial charge < -0.3 is 31.9 Å². The number of amides is 1. The van der Waals surface area contributed by atoms with Gasteiger partial charge in [-0.05, 0) is 158 Å². The lowest BCUT2D eigenvalue weighted by Crippen LogP contribution is -2.18. The van der Waals surface area contributed by atoms with Crippen molar-refractivity contribution in [2.24, 2.45) is 0 Å². The molecule has 7 rings (SSSR count). The Hall–Kier alpha value is -7.57. The third kappa shape index (κ3) is 12.3. The zero-order valence-electron chi connectivity index (χ0n) is 35.6. The van der Waals surface area contributed by atoms with Crippen molar-refractivity contribution in [3.63, 3.8) is 0 Å². The molecule has 7 N–H and O–H groups in total. The minimum Gasteiger partial charge on any atom is -0.478 e. The Bertz CT molecular complexity index is 2750. The van der Waals surface area contributed by atoms with E-state index in [1.54, 1.807) is 0 Å². The molecule has 0 fully saturated rings. The first-order chi connectivity index (χ1) is 29.8. The molecule has 1 aliphatic heterocycles. The summed E-state index contributed by atoms with van der Waals surface area (Å²) >= 11 is 5.21. The van der Waals surface area contributed by atoms with E-state index in [9.17, 15) is 33.9 Å². The van der Waals surface area contributed by atoms with E-state index in [-0.39, 0.29) is 46.6 Å². The minimum absolute atomic E-state index is 0. The number of nitrogen functional groups attached to an aromatic ring is 2. The van der Waals surface area contributed by atoms with Gasteiger partial charge in [0.15, 0.2) is 5.78 Å². The summed E-state index contributed by atoms with van der Waals surface area (Å²) in [5, 5.41) is 14.7. The predicted octanol–water partition coefficient (Wildman–Crippen LogP) is 10.2. The number of carboxylic acid groups (broad SMARTS) is 1. The van der Waals surface area contributed by atoms with Gasteiger partial charge in [0.2, 0.25) is 0 Å². The number of nitrogens with one attached hydrogen (secondary N) is 2. The molecule has 0 atom stereocenters. The highest BCUT2D eigenvalue weighted by Crippen LogP contribution is 2.25. The van der Waals surface area contributed by atoms with Crippen LogP contribution in [0.4, 0.5) is 22.7 Å². The van der Waals surface area contributed by atoms with E-state index < -0.39 is 29.1 Å². The van der Waals surface area contributed by atoms with Gasteiger partial charge in [-0.3, -0.25) is 14.4 Å². The maximum Gasteiger partial charge on any atom is 0.346 e. The van der Waals surface area contributed by atoms with Crippen LogP contribution in [0.3, 0.4) is 0 Å². The van der Waals surface area contributed by atoms with Crippen LogP contribution < -0.4 is 22.1 Å². The standard InChI is InChI=1S/C26H26N2O4.C15H18N2.C9H3ClO4.CH4/c1-15-11-18(5-9-23(15)27-4)13-19-6-10-24(16(2)12-19)28-25(30)22-14-20(17(3)29)7-8-21(22)26(31)32;1-10-7-12(3-5-14(10)16)9-13-4-6-15(17)11(2)8-13;10-7(11)4-1-2-5-6(3-4)9(13)14-8(5)12;/h5-12,14,27H,13H2,1-4H3,(H,28,30)(H,31,32);3-8H,9,16-17H2,1-2H3;1-3H;1H4. The molecule has 0 saturated carbocycles. The fourth-order valence-corrected chi connectivity index (χ4v) is 6.91. The number of rotatable bonds is 10. The third-order valence-corrected chi connectivity index (χ3v) is 10.6. The minimum atomic E-state index is -1.23. The van der Waals surface area contributed by atoms with Crippen molar-refractivity contribution in [3.8, 4) is 0 Å². The first kappa shape index (κ1) is 49.1. The Morgan fingerprint density at radius 2 is 1.06 bits per heavy atom. The summed E-state index contributed by atoms with van der Waals surface area (Å²) in [6.07, 6.45) is 1.67. The number of ether oxygens (including phenoxy) is 1. The van der Waals surface area contributed by atoms with Crippen LogP contribution in [0.25, 0.3) is 0 Å². The van der Waals surface area contributed by atoms with Gasteiger partial charge in [0, 0.05) is 40.9 Å². The van der Waals surface area contributed by atoms with E-state index >= 15 is 0 Å². The van der Waals surface area contributed by atoms with Crippen LogP contribution in [-0.2, 0) is 17.6 Å². The SMILES string of the molecule is C.CNc1ccc(Cc2ccc(NC(=O)c3cc(C(C)=O)ccc3C(=O)O)c(C)c2)cc1C.Cc1cc(Cc2ccc(N)c(C)c2)ccc1N.O=C(Cl)c1ccc2c(c1)C(=O)OC2=O. The summed E-state index contributed by atoms with van der Waals surface area (Å²) in [5.74, 6) is -3.48. The molecule has 0 bridgehead atoms. The first-order valence-corrected chi connectivity index (χ1v) is 20.1. The van der Waals surface area contributed by atoms with Crippen LogP contribution >= 0.6 is 11.6 Å². The highest BCUT2D eigenvalue weighted by molar-refractivity contribution is 6.67. The summed E-state index contributed by atoms with van der Waals surface area (Å²) in [6.45, 7) is 9.39. The molecular formula is C51H51ClN4O8. The van der Waals surface area contributed by atoms with Gasteiger partial charge in [0.25, 0.3) is 11.1 Å². The van der Waals surface area contributed by atoms with Crippen molar-refractivity contribution >= 4 is 69.2 Å². The van der Waals surface area contributed by atoms with Gasteiger partial charge >= 0.3 is 17.9 Å². The van der Waals surface area contributed by atoms with Crippen LogP contribution in [0.15, 0.2) is 109 Å². The summed E-state index contributed by atoms with van der Waals surface area (Å²) in [5.41, 5.74) is 24.6. The molecule has 6 aromatic carbocycles. The Kier molecular flexibility index (Phi) is 16.5. The number of aromatic carboxylic acids is 1. The van der Waals surface area contributed by atoms with E-state index in [0.29, 0.717) is 5.69 Å². The van der Waals surface area contributed by atoms with Gasteiger partial charge in [-0.25, -0.2) is 14.4 Å². The lowest BCUT2D eigenvalue weighted by atomic mass is 9.99. The van der Waals surface area contributed by atoms with Crippen molar-refractivity contribution in [3.05, 3.63) is 187 Å². The molecular weight excluding hydrogens is 832 g/mol. The molecule has 0 unspecified atom stereocenters. The van der Waals surface area contributed by atoms with E-state index in [2.05, 4.69) is 64.8 Å². The second-order valence-electron chi connectivity index (χ2n) is 15.1. The average molecular weight is 883 g/mol. The molecule has 330 valence electrons. The van der Waals surface area contributed by atoms with Gasteiger partial charge in [0.05, 0.1) is 22.3 Å². The van der Waals surface area contributed by atoms with Gasteiger partial charge in [-0.1, -0.05) is 62.0 Å². The number of fused-ring (bicyclic) bond motifs is 1. The number of hydrogen-bond donors (Lipinski definition) is 5. The fraction of sp³-hybridized carbons (Fsp3) is 0.176. The molecule has 0 radical (unpaired) electrons. The first-order valence-electron chi connectivity index (χ1n) is 19.7. The van der Waals surface area contributed by atoms with E-state index in [4.69, 9.17) is 23.1 Å². The van der Waals surface area contributed by atoms with Gasteiger partial charge in [-0.15, -0.1) is 0 Å². The normalized spacial score (nSPS) is 11.0. The number of carboxylic acids is 1. The average Bonchev–Trinajstić information content (AvgIpc) is 3.53.